The number of hydrogen-bond donors (Lipinski definition) is 2. The van der Waals surface area contributed by atoms with Crippen LogP contribution in [0.4, 0.5) is 0 Å². The van der Waals surface area contributed by atoms with Crippen LogP contribution in [0.3, 0.4) is 0 Å². The first-order valence-corrected chi connectivity index (χ1v) is 7.93. The summed E-state index contributed by atoms with van der Waals surface area (Å²) in [4.78, 5) is 9.95. The van der Waals surface area contributed by atoms with Gasteiger partial charge in [0, 0.05) is 32.2 Å². The van der Waals surface area contributed by atoms with Gasteiger partial charge in [-0.1, -0.05) is 0 Å². The maximum Gasteiger partial charge on any atom is 0.191 e. The van der Waals surface area contributed by atoms with E-state index >= 15 is 0 Å². The predicted octanol–water partition coefficient (Wildman–Crippen LogP) is 1.48. The van der Waals surface area contributed by atoms with Gasteiger partial charge in [0.1, 0.15) is 5.01 Å². The molecule has 0 bridgehead atoms. The smallest absolute Gasteiger partial charge is 0.191 e. The SMILES string of the molecule is CN=C(NCCCOCCOC)NCc1nc(C)c(C)s1. The Balaban J connectivity index is 2.14. The zero-order chi connectivity index (χ0) is 15.5. The molecule has 0 saturated carbocycles. The Labute approximate surface area is 131 Å². The average molecular weight is 314 g/mol. The Kier molecular flexibility index (Phi) is 8.96. The van der Waals surface area contributed by atoms with E-state index in [4.69, 9.17) is 9.47 Å². The first kappa shape index (κ1) is 17.9. The van der Waals surface area contributed by atoms with Crippen molar-refractivity contribution in [1.29, 1.82) is 0 Å². The van der Waals surface area contributed by atoms with Crippen LogP contribution in [0.25, 0.3) is 0 Å². The van der Waals surface area contributed by atoms with E-state index in [1.54, 1.807) is 25.5 Å². The summed E-state index contributed by atoms with van der Waals surface area (Å²) in [6, 6.07) is 0. The summed E-state index contributed by atoms with van der Waals surface area (Å²) in [5.74, 6) is 0.789. The summed E-state index contributed by atoms with van der Waals surface area (Å²) >= 11 is 1.72. The first-order valence-electron chi connectivity index (χ1n) is 7.11. The highest BCUT2D eigenvalue weighted by Crippen LogP contribution is 2.15. The van der Waals surface area contributed by atoms with Crippen molar-refractivity contribution in [2.45, 2.75) is 26.8 Å². The van der Waals surface area contributed by atoms with E-state index in [1.165, 1.54) is 4.88 Å². The van der Waals surface area contributed by atoms with Gasteiger partial charge in [0.15, 0.2) is 5.96 Å². The van der Waals surface area contributed by atoms with E-state index in [2.05, 4.69) is 27.5 Å². The minimum atomic E-state index is 0.642. The Morgan fingerprint density at radius 1 is 1.24 bits per heavy atom. The van der Waals surface area contributed by atoms with E-state index in [-0.39, 0.29) is 0 Å². The van der Waals surface area contributed by atoms with Crippen LogP contribution < -0.4 is 10.6 Å². The number of aliphatic imine (C=N–C) groups is 1. The maximum absolute atomic E-state index is 5.40. The van der Waals surface area contributed by atoms with Gasteiger partial charge in [0.2, 0.25) is 0 Å². The number of nitrogens with zero attached hydrogens (tertiary/aromatic N) is 2. The van der Waals surface area contributed by atoms with Gasteiger partial charge < -0.3 is 20.1 Å². The fraction of sp³-hybridized carbons (Fsp3) is 0.714. The number of methoxy groups -OCH3 is 1. The molecule has 1 rings (SSSR count). The van der Waals surface area contributed by atoms with Crippen molar-refractivity contribution in [2.24, 2.45) is 4.99 Å². The summed E-state index contributed by atoms with van der Waals surface area (Å²) in [6.07, 6.45) is 0.930. The zero-order valence-corrected chi connectivity index (χ0v) is 14.2. The molecule has 0 aromatic carbocycles. The standard InChI is InChI=1S/C14H26N4O2S/c1-11-12(2)21-13(18-11)10-17-14(15-3)16-6-5-7-20-9-8-19-4/h5-10H2,1-4H3,(H2,15,16,17). The van der Waals surface area contributed by atoms with Crippen molar-refractivity contribution >= 4 is 17.3 Å². The lowest BCUT2D eigenvalue weighted by Gasteiger charge is -2.10. The highest BCUT2D eigenvalue weighted by molar-refractivity contribution is 7.11. The second-order valence-corrected chi connectivity index (χ2v) is 5.85. The third-order valence-corrected chi connectivity index (χ3v) is 3.97. The lowest BCUT2D eigenvalue weighted by molar-refractivity contribution is 0.0698. The van der Waals surface area contributed by atoms with Crippen LogP contribution >= 0.6 is 11.3 Å². The van der Waals surface area contributed by atoms with Crippen LogP contribution in [0, 0.1) is 13.8 Å². The summed E-state index contributed by atoms with van der Waals surface area (Å²) in [5, 5.41) is 7.60. The molecule has 120 valence electrons. The largest absolute Gasteiger partial charge is 0.382 e. The number of guanidine groups is 1. The number of ether oxygens (including phenoxy) is 2. The quantitative estimate of drug-likeness (QED) is 0.410. The van der Waals surface area contributed by atoms with Crippen LogP contribution in [-0.2, 0) is 16.0 Å². The second kappa shape index (κ2) is 10.5. The lowest BCUT2D eigenvalue weighted by Crippen LogP contribution is -2.37. The Morgan fingerprint density at radius 3 is 2.67 bits per heavy atom. The van der Waals surface area contributed by atoms with Crippen LogP contribution in [0.5, 0.6) is 0 Å². The molecule has 6 nitrogen and oxygen atoms in total. The van der Waals surface area contributed by atoms with E-state index < -0.39 is 0 Å². The number of aryl methyl sites for hydroxylation is 2. The molecule has 0 amide bonds. The summed E-state index contributed by atoms with van der Waals surface area (Å²) < 4.78 is 10.3. The highest BCUT2D eigenvalue weighted by Gasteiger charge is 2.04. The van der Waals surface area contributed by atoms with Crippen LogP contribution in [0.1, 0.15) is 22.0 Å². The molecule has 0 aliphatic carbocycles. The maximum atomic E-state index is 5.40. The molecule has 0 saturated heterocycles. The summed E-state index contributed by atoms with van der Waals surface area (Å²) in [5.41, 5.74) is 1.10. The number of aromatic nitrogens is 1. The monoisotopic (exact) mass is 314 g/mol. The van der Waals surface area contributed by atoms with E-state index in [0.29, 0.717) is 19.8 Å². The number of hydrogen-bond acceptors (Lipinski definition) is 5. The van der Waals surface area contributed by atoms with Crippen molar-refractivity contribution in [3.8, 4) is 0 Å². The molecule has 1 heterocycles. The average Bonchev–Trinajstić information content (AvgIpc) is 2.80. The van der Waals surface area contributed by atoms with Gasteiger partial charge in [0.25, 0.3) is 0 Å². The lowest BCUT2D eigenvalue weighted by atomic mass is 10.4. The van der Waals surface area contributed by atoms with Crippen molar-refractivity contribution in [3.63, 3.8) is 0 Å². The molecule has 2 N–H and O–H groups in total. The molecule has 0 unspecified atom stereocenters. The molecule has 1 aromatic rings. The fourth-order valence-electron chi connectivity index (χ4n) is 1.62. The highest BCUT2D eigenvalue weighted by atomic mass is 32.1. The number of rotatable bonds is 9. The number of thiazole rings is 1. The molecule has 0 aliphatic rings. The third kappa shape index (κ3) is 7.40. The van der Waals surface area contributed by atoms with Gasteiger partial charge >= 0.3 is 0 Å². The Hall–Kier alpha value is -1.18. The molecule has 0 spiro atoms. The van der Waals surface area contributed by atoms with Gasteiger partial charge in [-0.05, 0) is 20.3 Å². The molecule has 0 fully saturated rings. The normalized spacial score (nSPS) is 11.7. The summed E-state index contributed by atoms with van der Waals surface area (Å²) in [7, 11) is 3.44. The molecular formula is C14H26N4O2S. The van der Waals surface area contributed by atoms with E-state index in [0.717, 1.165) is 36.2 Å². The third-order valence-electron chi connectivity index (χ3n) is 2.89. The molecule has 7 heteroatoms. The molecule has 1 aromatic heterocycles. The summed E-state index contributed by atoms with van der Waals surface area (Å²) in [6.45, 7) is 7.65. The minimum absolute atomic E-state index is 0.642. The molecular weight excluding hydrogens is 288 g/mol. The second-order valence-electron chi connectivity index (χ2n) is 4.56. The minimum Gasteiger partial charge on any atom is -0.382 e. The Morgan fingerprint density at radius 2 is 2.05 bits per heavy atom. The van der Waals surface area contributed by atoms with Crippen molar-refractivity contribution in [1.82, 2.24) is 15.6 Å². The van der Waals surface area contributed by atoms with E-state index in [1.807, 2.05) is 6.92 Å². The molecule has 21 heavy (non-hydrogen) atoms. The molecule has 0 aliphatic heterocycles. The zero-order valence-electron chi connectivity index (χ0n) is 13.4. The Bertz CT molecular complexity index is 415. The van der Waals surface area contributed by atoms with E-state index in [9.17, 15) is 0 Å². The number of nitrogens with one attached hydrogen (secondary N) is 2. The van der Waals surface area contributed by atoms with Gasteiger partial charge in [-0.15, -0.1) is 11.3 Å². The van der Waals surface area contributed by atoms with Gasteiger partial charge in [-0.2, -0.15) is 0 Å². The van der Waals surface area contributed by atoms with Crippen molar-refractivity contribution in [3.05, 3.63) is 15.6 Å². The predicted molar refractivity (Wildman–Crippen MR) is 87.1 cm³/mol. The molecule has 0 radical (unpaired) electrons. The molecule has 0 atom stereocenters. The van der Waals surface area contributed by atoms with Crippen LogP contribution in [-0.4, -0.2) is 51.5 Å². The van der Waals surface area contributed by atoms with Crippen LogP contribution in [0.15, 0.2) is 4.99 Å². The van der Waals surface area contributed by atoms with Crippen molar-refractivity contribution < 1.29 is 9.47 Å². The van der Waals surface area contributed by atoms with Crippen molar-refractivity contribution in [2.75, 3.05) is 40.5 Å². The van der Waals surface area contributed by atoms with Gasteiger partial charge in [-0.25, -0.2) is 4.98 Å². The van der Waals surface area contributed by atoms with Crippen LogP contribution in [0.2, 0.25) is 0 Å². The fourth-order valence-corrected chi connectivity index (χ4v) is 2.49. The van der Waals surface area contributed by atoms with Gasteiger partial charge in [-0.3, -0.25) is 4.99 Å². The van der Waals surface area contributed by atoms with Gasteiger partial charge in [0.05, 0.1) is 25.5 Å². The topological polar surface area (TPSA) is 67.8 Å². The first-order chi connectivity index (χ1) is 10.2.